The predicted molar refractivity (Wildman–Crippen MR) is 103 cm³/mol. The Balaban J connectivity index is 1.71. The number of carbonyl (C=O) groups excluding carboxylic acids is 2. The fourth-order valence-electron chi connectivity index (χ4n) is 2.87. The van der Waals surface area contributed by atoms with Crippen molar-refractivity contribution >= 4 is 35.0 Å². The average molecular weight is 370 g/mol. The molecule has 2 aromatic carbocycles. The topological polar surface area (TPSA) is 49.4 Å². The monoisotopic (exact) mass is 370 g/mol. The number of nitrogens with one attached hydrogen (secondary N) is 1. The molecule has 2 aromatic rings. The molecule has 1 N–H and O–H groups in total. The van der Waals surface area contributed by atoms with Crippen molar-refractivity contribution in [1.82, 2.24) is 0 Å². The van der Waals surface area contributed by atoms with Crippen LogP contribution < -0.4 is 10.2 Å². The van der Waals surface area contributed by atoms with Gasteiger partial charge in [-0.1, -0.05) is 30.3 Å². The van der Waals surface area contributed by atoms with Gasteiger partial charge in [0.15, 0.2) is 0 Å². The van der Waals surface area contributed by atoms with Gasteiger partial charge in [0.05, 0.1) is 17.3 Å². The van der Waals surface area contributed by atoms with E-state index in [9.17, 15) is 14.0 Å². The molecule has 1 unspecified atom stereocenters. The summed E-state index contributed by atoms with van der Waals surface area (Å²) in [5.74, 6) is -0.725. The average Bonchev–Trinajstić information content (AvgIpc) is 3.03. The summed E-state index contributed by atoms with van der Waals surface area (Å²) in [7, 11) is 0. The van der Waals surface area contributed by atoms with Gasteiger partial charge < -0.3 is 10.2 Å². The van der Waals surface area contributed by atoms with Gasteiger partial charge in [0.1, 0.15) is 5.82 Å². The minimum Gasteiger partial charge on any atom is -0.325 e. The van der Waals surface area contributed by atoms with Crippen LogP contribution in [0.5, 0.6) is 0 Å². The maximum Gasteiger partial charge on any atom is 0.229 e. The molecule has 1 saturated heterocycles. The van der Waals surface area contributed by atoms with E-state index in [1.165, 1.54) is 11.0 Å². The summed E-state index contributed by atoms with van der Waals surface area (Å²) >= 11 is 1.57. The third-order valence-electron chi connectivity index (χ3n) is 4.14. The van der Waals surface area contributed by atoms with Crippen molar-refractivity contribution in [3.8, 4) is 0 Å². The molecular formula is C20H19FN2O2S. The van der Waals surface area contributed by atoms with Crippen LogP contribution in [0.25, 0.3) is 0 Å². The van der Waals surface area contributed by atoms with E-state index in [4.69, 9.17) is 0 Å². The first kappa shape index (κ1) is 18.2. The Morgan fingerprint density at radius 2 is 2.00 bits per heavy atom. The number of anilines is 2. The molecule has 1 heterocycles. The van der Waals surface area contributed by atoms with Gasteiger partial charge in [-0.3, -0.25) is 9.59 Å². The molecular weight excluding hydrogens is 351 g/mol. The van der Waals surface area contributed by atoms with Gasteiger partial charge in [-0.05, 0) is 24.3 Å². The summed E-state index contributed by atoms with van der Waals surface area (Å²) in [6.45, 7) is 3.87. The normalized spacial score (nSPS) is 16.6. The lowest BCUT2D eigenvalue weighted by atomic mass is 10.1. The summed E-state index contributed by atoms with van der Waals surface area (Å²) in [6, 6.07) is 13.6. The fourth-order valence-corrected chi connectivity index (χ4v) is 3.61. The summed E-state index contributed by atoms with van der Waals surface area (Å²) in [6.07, 6.45) is 1.87. The van der Waals surface area contributed by atoms with Crippen molar-refractivity contribution < 1.29 is 14.0 Å². The molecule has 0 spiro atoms. The highest BCUT2D eigenvalue weighted by molar-refractivity contribution is 7.99. The van der Waals surface area contributed by atoms with Crippen molar-refractivity contribution in [3.05, 3.63) is 67.0 Å². The molecule has 0 aromatic heterocycles. The van der Waals surface area contributed by atoms with Crippen LogP contribution in [0.3, 0.4) is 0 Å². The molecule has 1 aliphatic heterocycles. The van der Waals surface area contributed by atoms with E-state index in [0.717, 1.165) is 10.6 Å². The number of amides is 2. The molecule has 6 heteroatoms. The second-order valence-corrected chi connectivity index (χ2v) is 7.00. The molecule has 1 fully saturated rings. The van der Waals surface area contributed by atoms with E-state index < -0.39 is 11.7 Å². The van der Waals surface area contributed by atoms with Crippen molar-refractivity contribution in [3.63, 3.8) is 0 Å². The number of halogens is 1. The second-order valence-electron chi connectivity index (χ2n) is 5.94. The quantitative estimate of drug-likeness (QED) is 0.615. The maximum atomic E-state index is 14.0. The number of nitrogens with zero attached hydrogens (tertiary/aromatic N) is 1. The lowest BCUT2D eigenvalue weighted by Gasteiger charge is -2.17. The van der Waals surface area contributed by atoms with Crippen LogP contribution in [-0.4, -0.2) is 24.1 Å². The van der Waals surface area contributed by atoms with Crippen LogP contribution in [0.2, 0.25) is 0 Å². The number of hydrogen-bond donors (Lipinski definition) is 1. The Bertz CT molecular complexity index is 840. The van der Waals surface area contributed by atoms with Gasteiger partial charge >= 0.3 is 0 Å². The van der Waals surface area contributed by atoms with E-state index in [1.54, 1.807) is 36.0 Å². The number of hydrogen-bond acceptors (Lipinski definition) is 3. The Hall–Kier alpha value is -2.60. The second kappa shape index (κ2) is 8.19. The maximum absolute atomic E-state index is 14.0. The van der Waals surface area contributed by atoms with Gasteiger partial charge in [0.25, 0.3) is 0 Å². The summed E-state index contributed by atoms with van der Waals surface area (Å²) < 4.78 is 14.0. The van der Waals surface area contributed by atoms with Crippen molar-refractivity contribution in [2.45, 2.75) is 11.3 Å². The highest BCUT2D eigenvalue weighted by atomic mass is 32.2. The molecule has 0 radical (unpaired) electrons. The van der Waals surface area contributed by atoms with Crippen LogP contribution in [-0.2, 0) is 9.59 Å². The van der Waals surface area contributed by atoms with E-state index in [0.29, 0.717) is 5.69 Å². The molecule has 3 rings (SSSR count). The van der Waals surface area contributed by atoms with Gasteiger partial charge in [-0.25, -0.2) is 4.39 Å². The fraction of sp³-hybridized carbons (Fsp3) is 0.200. The largest absolute Gasteiger partial charge is 0.325 e. The van der Waals surface area contributed by atoms with Crippen molar-refractivity contribution in [2.24, 2.45) is 5.92 Å². The van der Waals surface area contributed by atoms with Crippen LogP contribution >= 0.6 is 11.8 Å². The van der Waals surface area contributed by atoms with Gasteiger partial charge in [0.2, 0.25) is 11.8 Å². The standard InChI is InChI=1S/C20H19FN2O2S/c1-2-11-26-18-10-6-4-8-16(18)22-20(25)14-12-19(24)23(13-14)17-9-5-3-7-15(17)21/h2-10,14H,1,11-13H2,(H,22,25). The Kier molecular flexibility index (Phi) is 5.73. The van der Waals surface area contributed by atoms with E-state index in [2.05, 4.69) is 11.9 Å². The van der Waals surface area contributed by atoms with Crippen LogP contribution in [0, 0.1) is 11.7 Å². The van der Waals surface area contributed by atoms with Crippen LogP contribution in [0.4, 0.5) is 15.8 Å². The zero-order valence-electron chi connectivity index (χ0n) is 14.2. The highest BCUT2D eigenvalue weighted by Crippen LogP contribution is 2.30. The molecule has 0 aliphatic carbocycles. The molecule has 26 heavy (non-hydrogen) atoms. The van der Waals surface area contributed by atoms with Gasteiger partial charge in [0, 0.05) is 23.6 Å². The first-order chi connectivity index (χ1) is 12.6. The minimum absolute atomic E-state index is 0.0716. The summed E-state index contributed by atoms with van der Waals surface area (Å²) in [5, 5.41) is 2.90. The number of benzene rings is 2. The van der Waals surface area contributed by atoms with Crippen molar-refractivity contribution in [2.75, 3.05) is 22.5 Å². The Morgan fingerprint density at radius 3 is 2.77 bits per heavy atom. The summed E-state index contributed by atoms with van der Waals surface area (Å²) in [5.41, 5.74) is 0.927. The zero-order valence-corrected chi connectivity index (χ0v) is 15.0. The van der Waals surface area contributed by atoms with Gasteiger partial charge in [-0.15, -0.1) is 18.3 Å². The summed E-state index contributed by atoms with van der Waals surface area (Å²) in [4.78, 5) is 27.2. The molecule has 0 bridgehead atoms. The molecule has 0 saturated carbocycles. The number of thioether (sulfide) groups is 1. The number of carbonyl (C=O) groups is 2. The molecule has 4 nitrogen and oxygen atoms in total. The zero-order chi connectivity index (χ0) is 18.5. The minimum atomic E-state index is -0.514. The lowest BCUT2D eigenvalue weighted by Crippen LogP contribution is -2.28. The number of rotatable bonds is 6. The number of para-hydroxylation sites is 2. The smallest absolute Gasteiger partial charge is 0.229 e. The Labute approximate surface area is 156 Å². The van der Waals surface area contributed by atoms with E-state index >= 15 is 0 Å². The molecule has 1 atom stereocenters. The highest BCUT2D eigenvalue weighted by Gasteiger charge is 2.36. The van der Waals surface area contributed by atoms with Crippen LogP contribution in [0.15, 0.2) is 66.1 Å². The predicted octanol–water partition coefficient (Wildman–Crippen LogP) is 4.10. The third kappa shape index (κ3) is 3.96. The lowest BCUT2D eigenvalue weighted by molar-refractivity contribution is -0.122. The first-order valence-corrected chi connectivity index (χ1v) is 9.27. The SMILES string of the molecule is C=CCSc1ccccc1NC(=O)C1CC(=O)N(c2ccccc2F)C1. The molecule has 134 valence electrons. The van der Waals surface area contributed by atoms with Crippen LogP contribution in [0.1, 0.15) is 6.42 Å². The first-order valence-electron chi connectivity index (χ1n) is 8.28. The van der Waals surface area contributed by atoms with Crippen molar-refractivity contribution in [1.29, 1.82) is 0 Å². The Morgan fingerprint density at radius 1 is 1.27 bits per heavy atom. The van der Waals surface area contributed by atoms with Gasteiger partial charge in [-0.2, -0.15) is 0 Å². The third-order valence-corrected chi connectivity index (χ3v) is 5.21. The molecule has 2 amide bonds. The molecule has 1 aliphatic rings. The van der Waals surface area contributed by atoms with E-state index in [-0.39, 0.29) is 30.5 Å². The van der Waals surface area contributed by atoms with E-state index in [1.807, 2.05) is 24.3 Å².